The molecule has 1 fully saturated rings. The van der Waals surface area contributed by atoms with Crippen LogP contribution in [0.25, 0.3) is 22.2 Å². The predicted octanol–water partition coefficient (Wildman–Crippen LogP) is 4.36. The summed E-state index contributed by atoms with van der Waals surface area (Å²) in [7, 11) is 0. The van der Waals surface area contributed by atoms with E-state index < -0.39 is 0 Å². The number of aromatic nitrogens is 2. The van der Waals surface area contributed by atoms with E-state index >= 15 is 0 Å². The van der Waals surface area contributed by atoms with Gasteiger partial charge in [0, 0.05) is 5.56 Å². The topological polar surface area (TPSA) is 103 Å². The number of benzene rings is 2. The first-order valence-corrected chi connectivity index (χ1v) is 11.3. The fourth-order valence-electron chi connectivity index (χ4n) is 4.17. The van der Waals surface area contributed by atoms with E-state index in [0.29, 0.717) is 17.7 Å². The van der Waals surface area contributed by atoms with Crippen LogP contribution in [0.2, 0.25) is 0 Å². The molecule has 31 heavy (non-hydrogen) atoms. The number of guanidine groups is 1. The predicted molar refractivity (Wildman–Crippen MR) is 122 cm³/mol. The van der Waals surface area contributed by atoms with Gasteiger partial charge in [-0.05, 0) is 48.2 Å². The monoisotopic (exact) mass is 422 g/mol. The molecule has 7 nitrogen and oxygen atoms in total. The van der Waals surface area contributed by atoms with Crippen molar-refractivity contribution in [1.29, 1.82) is 0 Å². The van der Waals surface area contributed by atoms with Gasteiger partial charge in [-0.2, -0.15) is 4.98 Å². The minimum atomic E-state index is -0.0478. The molecule has 7 heteroatoms. The molecule has 1 aliphatic rings. The zero-order chi connectivity index (χ0) is 21.6. The Hall–Kier alpha value is -3.09. The number of unbranched alkanes of at least 4 members (excludes halogenated alkanes) is 4. The maximum atomic E-state index is 5.93. The van der Waals surface area contributed by atoms with Crippen molar-refractivity contribution in [3.8, 4) is 17.1 Å². The Bertz CT molecular complexity index is 1060. The molecule has 1 saturated heterocycles. The summed E-state index contributed by atoms with van der Waals surface area (Å²) in [6.07, 6.45) is 8.08. The molecule has 0 saturated carbocycles. The van der Waals surface area contributed by atoms with Crippen molar-refractivity contribution in [3.05, 3.63) is 42.3 Å². The van der Waals surface area contributed by atoms with Crippen LogP contribution in [0.4, 0.5) is 0 Å². The van der Waals surface area contributed by atoms with E-state index in [4.69, 9.17) is 20.7 Å². The van der Waals surface area contributed by atoms with Crippen LogP contribution >= 0.6 is 0 Å². The Morgan fingerprint density at radius 1 is 1.10 bits per heavy atom. The Balaban J connectivity index is 1.44. The van der Waals surface area contributed by atoms with Crippen LogP contribution in [0, 0.1) is 0 Å². The Morgan fingerprint density at radius 3 is 2.74 bits per heavy atom. The van der Waals surface area contributed by atoms with Gasteiger partial charge in [0.2, 0.25) is 5.82 Å². The number of nitrogens with two attached hydrogens (primary N) is 2. The highest BCUT2D eigenvalue weighted by Crippen LogP contribution is 2.30. The molecule has 0 radical (unpaired) electrons. The zero-order valence-corrected chi connectivity index (χ0v) is 18.2. The van der Waals surface area contributed by atoms with Gasteiger partial charge in [0.15, 0.2) is 6.04 Å². The first-order valence-electron chi connectivity index (χ1n) is 11.3. The number of hydrogen-bond acceptors (Lipinski definition) is 4. The molecule has 1 aliphatic heterocycles. The van der Waals surface area contributed by atoms with Crippen LogP contribution in [0.3, 0.4) is 0 Å². The first-order chi connectivity index (χ1) is 15.2. The number of hydrogen-bond donors (Lipinski definition) is 2. The molecule has 164 valence electrons. The SMILES string of the molecule is CCCCCCCOc1ccc2cc(-c3noc([C@@H]4CCC[N+]4=C(N)N)n3)ccc2c1. The van der Waals surface area contributed by atoms with E-state index in [9.17, 15) is 0 Å². The standard InChI is InChI=1S/C24H31N5O2/c1-2-3-4-5-6-14-30-20-12-11-17-15-19(10-9-18(17)16-20)22-27-23(31-28-22)21-8-7-13-29(21)24(25)26/h9-12,15-16,21H,2-8,13-14H2,1H3,(H3,25,26)/p+1/t21-/m0/s1. The van der Waals surface area contributed by atoms with Crippen molar-refractivity contribution in [1.82, 2.24) is 10.1 Å². The number of nitrogens with zero attached hydrogens (tertiary/aromatic N) is 3. The fraction of sp³-hybridized carbons (Fsp3) is 0.458. The summed E-state index contributed by atoms with van der Waals surface area (Å²) in [6, 6.07) is 12.3. The van der Waals surface area contributed by atoms with Gasteiger partial charge < -0.3 is 9.26 Å². The molecular formula is C24H32N5O2+. The normalized spacial score (nSPS) is 16.2. The average Bonchev–Trinajstić information content (AvgIpc) is 3.45. The van der Waals surface area contributed by atoms with Crippen molar-refractivity contribution in [2.75, 3.05) is 13.2 Å². The molecule has 3 aromatic rings. The molecule has 4 rings (SSSR count). The van der Waals surface area contributed by atoms with Gasteiger partial charge in [-0.25, -0.2) is 0 Å². The van der Waals surface area contributed by atoms with Crippen LogP contribution in [0.1, 0.15) is 63.8 Å². The highest BCUT2D eigenvalue weighted by Gasteiger charge is 2.31. The van der Waals surface area contributed by atoms with E-state index in [1.54, 1.807) is 0 Å². The second-order valence-corrected chi connectivity index (χ2v) is 8.22. The third-order valence-electron chi connectivity index (χ3n) is 5.90. The zero-order valence-electron chi connectivity index (χ0n) is 18.2. The summed E-state index contributed by atoms with van der Waals surface area (Å²) in [5, 5.41) is 6.43. The third-order valence-corrected chi connectivity index (χ3v) is 5.90. The highest BCUT2D eigenvalue weighted by atomic mass is 16.5. The number of rotatable bonds is 9. The van der Waals surface area contributed by atoms with E-state index in [1.165, 1.54) is 25.7 Å². The summed E-state index contributed by atoms with van der Waals surface area (Å²) in [6.45, 7) is 3.81. The molecule has 4 N–H and O–H groups in total. The second kappa shape index (κ2) is 9.81. The molecule has 2 aromatic carbocycles. The minimum absolute atomic E-state index is 0.0478. The van der Waals surface area contributed by atoms with Crippen LogP contribution in [0.5, 0.6) is 5.75 Å². The lowest BCUT2D eigenvalue weighted by molar-refractivity contribution is -0.555. The Labute approximate surface area is 183 Å². The van der Waals surface area contributed by atoms with Gasteiger partial charge in [0.1, 0.15) is 5.75 Å². The van der Waals surface area contributed by atoms with E-state index in [-0.39, 0.29) is 6.04 Å². The molecule has 0 spiro atoms. The van der Waals surface area contributed by atoms with E-state index in [0.717, 1.165) is 54.5 Å². The van der Waals surface area contributed by atoms with Crippen LogP contribution in [-0.4, -0.2) is 33.8 Å². The van der Waals surface area contributed by atoms with Gasteiger partial charge in [-0.15, -0.1) is 0 Å². The largest absolute Gasteiger partial charge is 0.494 e. The molecule has 1 aromatic heterocycles. The molecule has 0 aliphatic carbocycles. The molecular weight excluding hydrogens is 390 g/mol. The Morgan fingerprint density at radius 2 is 1.90 bits per heavy atom. The summed E-state index contributed by atoms with van der Waals surface area (Å²) in [5.41, 5.74) is 12.5. The lowest BCUT2D eigenvalue weighted by Gasteiger charge is -2.08. The summed E-state index contributed by atoms with van der Waals surface area (Å²) < 4.78 is 13.4. The molecule has 0 amide bonds. The molecule has 0 unspecified atom stereocenters. The quantitative estimate of drug-likeness (QED) is 0.302. The average molecular weight is 423 g/mol. The van der Waals surface area contributed by atoms with Crippen molar-refractivity contribution in [2.45, 2.75) is 57.9 Å². The molecule has 0 bridgehead atoms. The molecule has 1 atom stereocenters. The summed E-state index contributed by atoms with van der Waals surface area (Å²) in [5.74, 6) is 2.34. The van der Waals surface area contributed by atoms with Gasteiger partial charge in [-0.1, -0.05) is 56.0 Å². The lowest BCUT2D eigenvalue weighted by Crippen LogP contribution is -2.35. The Kier molecular flexibility index (Phi) is 6.70. The van der Waals surface area contributed by atoms with Gasteiger partial charge in [0.05, 0.1) is 13.2 Å². The van der Waals surface area contributed by atoms with Crippen molar-refractivity contribution in [2.24, 2.45) is 11.5 Å². The third kappa shape index (κ3) is 4.98. The van der Waals surface area contributed by atoms with Crippen molar-refractivity contribution in [3.63, 3.8) is 0 Å². The van der Waals surface area contributed by atoms with Gasteiger partial charge in [0.25, 0.3) is 5.89 Å². The smallest absolute Gasteiger partial charge is 0.341 e. The van der Waals surface area contributed by atoms with Gasteiger partial charge in [-0.3, -0.25) is 16.0 Å². The fourth-order valence-corrected chi connectivity index (χ4v) is 4.17. The van der Waals surface area contributed by atoms with Crippen molar-refractivity contribution >= 4 is 16.7 Å². The second-order valence-electron chi connectivity index (χ2n) is 8.22. The maximum Gasteiger partial charge on any atom is 0.341 e. The minimum Gasteiger partial charge on any atom is -0.494 e. The van der Waals surface area contributed by atoms with Crippen LogP contribution in [-0.2, 0) is 0 Å². The number of ether oxygens (including phenoxy) is 1. The van der Waals surface area contributed by atoms with Gasteiger partial charge >= 0.3 is 5.96 Å². The maximum absolute atomic E-state index is 5.93. The number of fused-ring (bicyclic) bond motifs is 1. The highest BCUT2D eigenvalue weighted by molar-refractivity contribution is 5.87. The summed E-state index contributed by atoms with van der Waals surface area (Å²) >= 11 is 0. The first kappa shape index (κ1) is 21.2. The molecule has 2 heterocycles. The lowest BCUT2D eigenvalue weighted by atomic mass is 10.1. The van der Waals surface area contributed by atoms with Crippen LogP contribution in [0.15, 0.2) is 40.9 Å². The van der Waals surface area contributed by atoms with Crippen LogP contribution < -0.4 is 16.2 Å². The summed E-state index contributed by atoms with van der Waals surface area (Å²) in [4.78, 5) is 4.62. The van der Waals surface area contributed by atoms with E-state index in [2.05, 4.69) is 41.3 Å². The van der Waals surface area contributed by atoms with E-state index in [1.807, 2.05) is 16.7 Å². The van der Waals surface area contributed by atoms with Crippen molar-refractivity contribution < 1.29 is 13.8 Å².